The van der Waals surface area contributed by atoms with Crippen LogP contribution < -0.4 is 0 Å². The maximum absolute atomic E-state index is 13.1. The largest absolute Gasteiger partial charge is 0.480 e. The summed E-state index contributed by atoms with van der Waals surface area (Å²) in [5.41, 5.74) is 0.232. The Hall–Kier alpha value is -1.54. The highest BCUT2D eigenvalue weighted by atomic mass is 32.2. The molecule has 1 aromatic carbocycles. The number of carbonyl (C=O) groups is 1. The van der Waals surface area contributed by atoms with Gasteiger partial charge in [-0.3, -0.25) is 4.79 Å². The van der Waals surface area contributed by atoms with Gasteiger partial charge in [0.1, 0.15) is 0 Å². The van der Waals surface area contributed by atoms with Crippen LogP contribution in [0.4, 0.5) is 8.78 Å². The molecule has 0 heterocycles. The lowest BCUT2D eigenvalue weighted by Crippen LogP contribution is -2.34. The fourth-order valence-electron chi connectivity index (χ4n) is 1.48. The van der Waals surface area contributed by atoms with E-state index in [1.165, 1.54) is 20.0 Å². The highest BCUT2D eigenvalue weighted by Crippen LogP contribution is 2.23. The molecule has 1 N–H and O–H groups in total. The van der Waals surface area contributed by atoms with E-state index >= 15 is 0 Å². The zero-order chi connectivity index (χ0) is 14.8. The van der Waals surface area contributed by atoms with Crippen molar-refractivity contribution in [2.45, 2.75) is 13.0 Å². The summed E-state index contributed by atoms with van der Waals surface area (Å²) in [5, 5.41) is 8.52. The summed E-state index contributed by atoms with van der Waals surface area (Å²) in [4.78, 5) is 10.5. The number of hydrogen-bond donors (Lipinski definition) is 1. The Kier molecular flexibility index (Phi) is 4.59. The maximum Gasteiger partial charge on any atom is 0.320 e. The number of rotatable bonds is 5. The van der Waals surface area contributed by atoms with Gasteiger partial charge in [0.05, 0.1) is 0 Å². The average molecular weight is 293 g/mol. The average Bonchev–Trinajstić information content (AvgIpc) is 2.29. The molecule has 0 saturated heterocycles. The lowest BCUT2D eigenvalue weighted by molar-refractivity contribution is -0.134. The number of sulfonamides is 1. The molecule has 0 radical (unpaired) electrons. The number of hydrogen-bond acceptors (Lipinski definition) is 3. The Morgan fingerprint density at radius 3 is 2.42 bits per heavy atom. The molecule has 8 heteroatoms. The quantitative estimate of drug-likeness (QED) is 0.889. The van der Waals surface area contributed by atoms with E-state index in [0.717, 1.165) is 16.4 Å². The zero-order valence-electron chi connectivity index (χ0n) is 10.3. The first-order valence-corrected chi connectivity index (χ1v) is 6.88. The van der Waals surface area contributed by atoms with Gasteiger partial charge in [-0.15, -0.1) is 0 Å². The van der Waals surface area contributed by atoms with Gasteiger partial charge in [0, 0.05) is 13.1 Å². The minimum atomic E-state index is -4.01. The van der Waals surface area contributed by atoms with E-state index in [0.29, 0.717) is 0 Å². The molecule has 1 atom stereocenters. The summed E-state index contributed by atoms with van der Waals surface area (Å²) in [5.74, 6) is -4.66. The summed E-state index contributed by atoms with van der Waals surface area (Å²) < 4.78 is 50.0. The lowest BCUT2D eigenvalue weighted by atomic mass is 10.1. The van der Waals surface area contributed by atoms with Crippen molar-refractivity contribution in [1.82, 2.24) is 4.31 Å². The molecule has 0 bridgehead atoms. The Bertz CT molecular complexity index is 588. The highest BCUT2D eigenvalue weighted by Gasteiger charge is 2.27. The third kappa shape index (κ3) is 3.71. The van der Waals surface area contributed by atoms with Gasteiger partial charge in [0.25, 0.3) is 0 Å². The predicted molar refractivity (Wildman–Crippen MR) is 64.0 cm³/mol. The Morgan fingerprint density at radius 1 is 1.37 bits per heavy atom. The fraction of sp³-hybridized carbons (Fsp3) is 0.364. The van der Waals surface area contributed by atoms with Gasteiger partial charge >= 0.3 is 5.97 Å². The standard InChI is InChI=1S/C11H13F2NO4S/c1-7(8-3-4-9(12)10(13)5-8)14(2)19(17,18)6-11(15)16/h3-5,7H,6H2,1-2H3,(H,15,16). The molecule has 0 spiro atoms. The summed E-state index contributed by atoms with van der Waals surface area (Å²) >= 11 is 0. The topological polar surface area (TPSA) is 74.7 Å². The van der Waals surface area contributed by atoms with Crippen LogP contribution in [0.3, 0.4) is 0 Å². The number of nitrogens with zero attached hydrogens (tertiary/aromatic N) is 1. The molecule has 1 rings (SSSR count). The van der Waals surface area contributed by atoms with E-state index in [9.17, 15) is 22.0 Å². The van der Waals surface area contributed by atoms with Crippen molar-refractivity contribution in [3.8, 4) is 0 Å². The maximum atomic E-state index is 13.1. The van der Waals surface area contributed by atoms with E-state index in [4.69, 9.17) is 5.11 Å². The number of halogens is 2. The predicted octanol–water partition coefficient (Wildman–Crippen LogP) is 1.37. The zero-order valence-corrected chi connectivity index (χ0v) is 11.1. The minimum absolute atomic E-state index is 0.232. The SMILES string of the molecule is CC(c1ccc(F)c(F)c1)N(C)S(=O)(=O)CC(=O)O. The first-order valence-electron chi connectivity index (χ1n) is 5.27. The summed E-state index contributed by atoms with van der Waals surface area (Å²) in [7, 11) is -2.83. The van der Waals surface area contributed by atoms with Crippen LogP contribution in [0.5, 0.6) is 0 Å². The second-order valence-electron chi connectivity index (χ2n) is 4.02. The Labute approximate surface area is 109 Å². The van der Waals surface area contributed by atoms with Crippen LogP contribution >= 0.6 is 0 Å². The van der Waals surface area contributed by atoms with Gasteiger partial charge in [-0.25, -0.2) is 17.2 Å². The van der Waals surface area contributed by atoms with E-state index < -0.39 is 39.4 Å². The van der Waals surface area contributed by atoms with Crippen LogP contribution in [0, 0.1) is 11.6 Å². The minimum Gasteiger partial charge on any atom is -0.480 e. The molecule has 0 aromatic heterocycles. The van der Waals surface area contributed by atoms with E-state index in [1.807, 2.05) is 0 Å². The van der Waals surface area contributed by atoms with Gasteiger partial charge < -0.3 is 5.11 Å². The van der Waals surface area contributed by atoms with Crippen molar-refractivity contribution >= 4 is 16.0 Å². The van der Waals surface area contributed by atoms with Crippen LogP contribution in [-0.4, -0.2) is 36.6 Å². The molecule has 0 aliphatic heterocycles. The van der Waals surface area contributed by atoms with Crippen molar-refractivity contribution in [3.63, 3.8) is 0 Å². The third-order valence-electron chi connectivity index (χ3n) is 2.72. The molecule has 19 heavy (non-hydrogen) atoms. The van der Waals surface area contributed by atoms with Crippen LogP contribution in [0.15, 0.2) is 18.2 Å². The van der Waals surface area contributed by atoms with Crippen molar-refractivity contribution in [2.24, 2.45) is 0 Å². The van der Waals surface area contributed by atoms with Crippen LogP contribution in [0.2, 0.25) is 0 Å². The Balaban J connectivity index is 3.02. The molecular weight excluding hydrogens is 280 g/mol. The molecular formula is C11H13F2NO4S. The summed E-state index contributed by atoms with van der Waals surface area (Å²) in [6.07, 6.45) is 0. The fourth-order valence-corrected chi connectivity index (χ4v) is 2.60. The molecule has 5 nitrogen and oxygen atoms in total. The number of carboxylic acid groups (broad SMARTS) is 1. The summed E-state index contributed by atoms with van der Waals surface area (Å²) in [6.45, 7) is 1.45. The van der Waals surface area contributed by atoms with E-state index in [1.54, 1.807) is 0 Å². The van der Waals surface area contributed by atoms with Crippen molar-refractivity contribution in [2.75, 3.05) is 12.8 Å². The second kappa shape index (κ2) is 5.62. The van der Waals surface area contributed by atoms with Gasteiger partial charge in [-0.05, 0) is 24.6 Å². The van der Waals surface area contributed by atoms with E-state index in [2.05, 4.69) is 0 Å². The lowest BCUT2D eigenvalue weighted by Gasteiger charge is -2.24. The molecule has 106 valence electrons. The normalized spacial score (nSPS) is 13.5. The van der Waals surface area contributed by atoms with Gasteiger partial charge in [0.15, 0.2) is 17.4 Å². The first kappa shape index (κ1) is 15.5. The molecule has 0 aliphatic rings. The molecule has 0 amide bonds. The molecule has 0 saturated carbocycles. The van der Waals surface area contributed by atoms with Crippen molar-refractivity contribution in [3.05, 3.63) is 35.4 Å². The molecule has 1 unspecified atom stereocenters. The van der Waals surface area contributed by atoms with Gasteiger partial charge in [-0.1, -0.05) is 6.07 Å². The van der Waals surface area contributed by atoms with E-state index in [-0.39, 0.29) is 5.56 Å². The second-order valence-corrected chi connectivity index (χ2v) is 6.04. The molecule has 0 aliphatic carbocycles. The number of aliphatic carboxylic acids is 1. The van der Waals surface area contributed by atoms with Crippen LogP contribution in [0.1, 0.15) is 18.5 Å². The molecule has 0 fully saturated rings. The number of carboxylic acids is 1. The monoisotopic (exact) mass is 293 g/mol. The smallest absolute Gasteiger partial charge is 0.320 e. The van der Waals surface area contributed by atoms with Crippen molar-refractivity contribution < 1.29 is 27.1 Å². The van der Waals surface area contributed by atoms with Crippen molar-refractivity contribution in [1.29, 1.82) is 0 Å². The van der Waals surface area contributed by atoms with Crippen LogP contribution in [0.25, 0.3) is 0 Å². The summed E-state index contributed by atoms with van der Waals surface area (Å²) in [6, 6.07) is 2.21. The van der Waals surface area contributed by atoms with Crippen LogP contribution in [-0.2, 0) is 14.8 Å². The van der Waals surface area contributed by atoms with Gasteiger partial charge in [0.2, 0.25) is 10.0 Å². The molecule has 1 aromatic rings. The van der Waals surface area contributed by atoms with Gasteiger partial charge in [-0.2, -0.15) is 4.31 Å². The number of benzene rings is 1. The third-order valence-corrected chi connectivity index (χ3v) is 4.52. The first-order chi connectivity index (χ1) is 8.65. The Morgan fingerprint density at radius 2 is 1.95 bits per heavy atom. The highest BCUT2D eigenvalue weighted by molar-refractivity contribution is 7.89.